The second-order valence-corrected chi connectivity index (χ2v) is 10.5. The summed E-state index contributed by atoms with van der Waals surface area (Å²) in [6, 6.07) is 4.68. The van der Waals surface area contributed by atoms with Crippen LogP contribution in [0.4, 0.5) is 14.9 Å². The molecule has 2 rings (SSSR count). The summed E-state index contributed by atoms with van der Waals surface area (Å²) < 4.78 is 24.9. The third-order valence-electron chi connectivity index (χ3n) is 4.11. The lowest BCUT2D eigenvalue weighted by molar-refractivity contribution is 0.0429. The number of halogens is 2. The largest absolute Gasteiger partial charge is 0.444 e. The average molecular weight is 508 g/mol. The maximum Gasteiger partial charge on any atom is 0.412 e. The molecule has 1 aliphatic rings. The molecule has 8 heteroatoms. The predicted molar refractivity (Wildman–Crippen MR) is 116 cm³/mol. The number of anilines is 1. The molecule has 0 aliphatic carbocycles. The number of amides is 1. The van der Waals surface area contributed by atoms with Gasteiger partial charge in [-0.15, -0.1) is 11.8 Å². The van der Waals surface area contributed by atoms with Crippen LogP contribution in [-0.4, -0.2) is 30.7 Å². The highest BCUT2D eigenvalue weighted by Crippen LogP contribution is 2.48. The highest BCUT2D eigenvalue weighted by atomic mass is 127. The summed E-state index contributed by atoms with van der Waals surface area (Å²) in [6.07, 6.45) is 0.146. The molecule has 0 spiro atoms. The van der Waals surface area contributed by atoms with Crippen molar-refractivity contribution < 1.29 is 18.7 Å². The molecule has 1 amide bonds. The summed E-state index contributed by atoms with van der Waals surface area (Å²) in [5, 5.41) is 3.12. The van der Waals surface area contributed by atoms with Crippen molar-refractivity contribution in [3.8, 4) is 0 Å². The van der Waals surface area contributed by atoms with Crippen LogP contribution in [0.3, 0.4) is 0 Å². The fraction of sp³-hybridized carbons (Fsp3) is 0.526. The van der Waals surface area contributed by atoms with Crippen LogP contribution in [0.15, 0.2) is 29.8 Å². The van der Waals surface area contributed by atoms with Gasteiger partial charge in [-0.3, -0.25) is 5.32 Å². The van der Waals surface area contributed by atoms with Crippen molar-refractivity contribution >= 4 is 46.1 Å². The molecule has 1 fully saturated rings. The molecule has 0 bridgehead atoms. The smallest absolute Gasteiger partial charge is 0.412 e. The number of ether oxygens (including phenoxy) is 2. The van der Waals surface area contributed by atoms with Gasteiger partial charge in [0.05, 0.1) is 15.1 Å². The van der Waals surface area contributed by atoms with Gasteiger partial charge >= 0.3 is 6.09 Å². The number of thioether (sulfide) groups is 1. The molecule has 2 atom stereocenters. The van der Waals surface area contributed by atoms with Gasteiger partial charge in [0.1, 0.15) is 11.4 Å². The SMILES string of the molecule is C=C(NC(=O)OC(C)(C)C)SC[C@H]1COCC[C@@]1(I)c1cc(N)ccc1F. The van der Waals surface area contributed by atoms with Gasteiger partial charge in [-0.2, -0.15) is 0 Å². The number of hydrogen-bond donors (Lipinski definition) is 2. The molecule has 1 heterocycles. The zero-order valence-electron chi connectivity index (χ0n) is 15.8. The van der Waals surface area contributed by atoms with Crippen molar-refractivity contribution in [2.75, 3.05) is 24.7 Å². The Labute approximate surface area is 177 Å². The molecule has 1 aromatic carbocycles. The normalized spacial score (nSPS) is 22.9. The Kier molecular flexibility index (Phi) is 7.43. The van der Waals surface area contributed by atoms with Gasteiger partial charge < -0.3 is 15.2 Å². The number of alkyl halides is 1. The summed E-state index contributed by atoms with van der Waals surface area (Å²) >= 11 is 3.72. The van der Waals surface area contributed by atoms with Crippen molar-refractivity contribution in [1.82, 2.24) is 5.32 Å². The van der Waals surface area contributed by atoms with E-state index >= 15 is 0 Å². The molecule has 5 nitrogen and oxygen atoms in total. The van der Waals surface area contributed by atoms with Gasteiger partial charge in [0.25, 0.3) is 0 Å². The fourth-order valence-corrected chi connectivity index (χ4v) is 5.10. The fourth-order valence-electron chi connectivity index (χ4n) is 2.83. The molecule has 0 saturated carbocycles. The summed E-state index contributed by atoms with van der Waals surface area (Å²) in [6.45, 7) is 10.3. The first-order valence-electron chi connectivity index (χ1n) is 8.65. The van der Waals surface area contributed by atoms with Crippen LogP contribution >= 0.6 is 34.4 Å². The number of nitrogen functional groups attached to an aromatic ring is 1. The van der Waals surface area contributed by atoms with Crippen LogP contribution in [0.2, 0.25) is 0 Å². The van der Waals surface area contributed by atoms with Crippen molar-refractivity contribution in [3.05, 3.63) is 41.2 Å². The minimum atomic E-state index is -0.575. The summed E-state index contributed by atoms with van der Waals surface area (Å²) in [7, 11) is 0. The van der Waals surface area contributed by atoms with E-state index in [1.165, 1.54) is 17.8 Å². The molecule has 0 unspecified atom stereocenters. The number of hydrogen-bond acceptors (Lipinski definition) is 5. The Morgan fingerprint density at radius 2 is 2.26 bits per heavy atom. The zero-order valence-corrected chi connectivity index (χ0v) is 18.8. The van der Waals surface area contributed by atoms with E-state index in [1.54, 1.807) is 32.9 Å². The Morgan fingerprint density at radius 1 is 1.56 bits per heavy atom. The Balaban J connectivity index is 2.04. The molecule has 0 radical (unpaired) electrons. The van der Waals surface area contributed by atoms with Crippen LogP contribution < -0.4 is 11.1 Å². The zero-order chi connectivity index (χ0) is 20.2. The van der Waals surface area contributed by atoms with E-state index in [9.17, 15) is 9.18 Å². The number of carbonyl (C=O) groups is 1. The van der Waals surface area contributed by atoms with Gasteiger partial charge in [0.15, 0.2) is 0 Å². The highest BCUT2D eigenvalue weighted by Gasteiger charge is 2.42. The highest BCUT2D eigenvalue weighted by molar-refractivity contribution is 14.1. The minimum Gasteiger partial charge on any atom is -0.444 e. The van der Waals surface area contributed by atoms with Gasteiger partial charge in [0, 0.05) is 29.5 Å². The summed E-state index contributed by atoms with van der Waals surface area (Å²) in [5.74, 6) is 0.387. The number of rotatable bonds is 5. The Morgan fingerprint density at radius 3 is 2.93 bits per heavy atom. The lowest BCUT2D eigenvalue weighted by Gasteiger charge is -2.40. The standard InChI is InChI=1S/C19H26FIN2O3S/c1-12(23-17(24)26-18(2,3)4)27-11-13-10-25-8-7-19(13,21)15-9-14(22)5-6-16(15)20/h5-6,9,13H,1,7-8,10-11,22H2,2-4H3,(H,23,24)/t13-,19+/m1/s1. The van der Waals surface area contributed by atoms with Crippen LogP contribution in [0.1, 0.15) is 32.8 Å². The van der Waals surface area contributed by atoms with Gasteiger partial charge in [-0.05, 0) is 45.4 Å². The lowest BCUT2D eigenvalue weighted by atomic mass is 9.83. The van der Waals surface area contributed by atoms with Gasteiger partial charge in [-0.25, -0.2) is 9.18 Å². The number of carbonyl (C=O) groups excluding carboxylic acids is 1. The molecule has 3 N–H and O–H groups in total. The van der Waals surface area contributed by atoms with Crippen molar-refractivity contribution in [3.63, 3.8) is 0 Å². The van der Waals surface area contributed by atoms with E-state index in [-0.39, 0.29) is 11.7 Å². The van der Waals surface area contributed by atoms with Crippen molar-refractivity contribution in [1.29, 1.82) is 0 Å². The minimum absolute atomic E-state index is 0.0327. The molecule has 1 aromatic rings. The third kappa shape index (κ3) is 6.25. The molecule has 1 saturated heterocycles. The Bertz CT molecular complexity index is 711. The second kappa shape index (κ2) is 9.00. The van der Waals surface area contributed by atoms with Crippen LogP contribution in [0.5, 0.6) is 0 Å². The molecule has 27 heavy (non-hydrogen) atoms. The van der Waals surface area contributed by atoms with Crippen LogP contribution in [0, 0.1) is 11.7 Å². The van der Waals surface area contributed by atoms with Crippen LogP contribution in [-0.2, 0) is 12.9 Å². The number of nitrogens with one attached hydrogen (secondary N) is 1. The van der Waals surface area contributed by atoms with E-state index in [2.05, 4.69) is 34.5 Å². The van der Waals surface area contributed by atoms with E-state index in [4.69, 9.17) is 15.2 Å². The number of nitrogens with two attached hydrogens (primary N) is 1. The van der Waals surface area contributed by atoms with E-state index < -0.39 is 15.1 Å². The van der Waals surface area contributed by atoms with Crippen molar-refractivity contribution in [2.45, 2.75) is 36.2 Å². The van der Waals surface area contributed by atoms with Gasteiger partial charge in [0.2, 0.25) is 0 Å². The topological polar surface area (TPSA) is 73.6 Å². The van der Waals surface area contributed by atoms with E-state index in [1.807, 2.05) is 0 Å². The van der Waals surface area contributed by atoms with E-state index in [0.29, 0.717) is 41.7 Å². The third-order valence-corrected chi connectivity index (χ3v) is 7.13. The first-order chi connectivity index (χ1) is 12.5. The quantitative estimate of drug-likeness (QED) is 0.340. The van der Waals surface area contributed by atoms with E-state index in [0.717, 1.165) is 0 Å². The predicted octanol–water partition coefficient (Wildman–Crippen LogP) is 4.80. The number of alkyl carbamates (subject to hydrolysis) is 1. The first-order valence-corrected chi connectivity index (χ1v) is 10.7. The Hall–Kier alpha value is -1.00. The number of benzene rings is 1. The molecule has 1 aliphatic heterocycles. The average Bonchev–Trinajstić information content (AvgIpc) is 2.54. The van der Waals surface area contributed by atoms with Gasteiger partial charge in [-0.1, -0.05) is 29.2 Å². The molecule has 150 valence electrons. The first kappa shape index (κ1) is 22.3. The molecular formula is C19H26FIN2O3S. The second-order valence-electron chi connectivity index (χ2n) is 7.48. The van der Waals surface area contributed by atoms with Crippen molar-refractivity contribution in [2.24, 2.45) is 5.92 Å². The summed E-state index contributed by atoms with van der Waals surface area (Å²) in [5.41, 5.74) is 6.45. The molecular weight excluding hydrogens is 482 g/mol. The molecule has 0 aromatic heterocycles. The lowest BCUT2D eigenvalue weighted by Crippen LogP contribution is -2.40. The maximum absolute atomic E-state index is 14.5. The van der Waals surface area contributed by atoms with Crippen LogP contribution in [0.25, 0.3) is 0 Å². The summed E-state index contributed by atoms with van der Waals surface area (Å²) in [4.78, 5) is 11.9. The monoisotopic (exact) mass is 508 g/mol. The maximum atomic E-state index is 14.5.